The number of esters is 4. The van der Waals surface area contributed by atoms with Gasteiger partial charge in [-0.05, 0) is 35.4 Å². The first-order chi connectivity index (χ1) is 20.3. The fourth-order valence-electron chi connectivity index (χ4n) is 4.11. The lowest BCUT2D eigenvalue weighted by atomic mass is 9.98. The van der Waals surface area contributed by atoms with Crippen LogP contribution in [0.5, 0.6) is 11.5 Å². The molecule has 0 radical (unpaired) electrons. The molecular formula is C28H32O14S. The number of carbonyl (C=O) groups is 4. The first-order valence-corrected chi connectivity index (χ1v) is 14.5. The van der Waals surface area contributed by atoms with E-state index in [4.69, 9.17) is 37.7 Å². The Morgan fingerprint density at radius 3 is 1.77 bits per heavy atom. The summed E-state index contributed by atoms with van der Waals surface area (Å²) in [5.41, 5.74) is 0.942. The topological polar surface area (TPSA) is 187 Å². The van der Waals surface area contributed by atoms with Gasteiger partial charge in [-0.15, -0.1) is 0 Å². The molecular weight excluding hydrogens is 592 g/mol. The van der Waals surface area contributed by atoms with Gasteiger partial charge in [0.2, 0.25) is 12.4 Å². The largest absolute Gasteiger partial charge is 0.463 e. The van der Waals surface area contributed by atoms with Gasteiger partial charge in [-0.25, -0.2) is 0 Å². The average molecular weight is 625 g/mol. The number of benzene rings is 2. The summed E-state index contributed by atoms with van der Waals surface area (Å²) < 4.78 is 63.1. The monoisotopic (exact) mass is 624 g/mol. The molecule has 43 heavy (non-hydrogen) atoms. The van der Waals surface area contributed by atoms with Crippen molar-refractivity contribution in [2.45, 2.75) is 70.8 Å². The van der Waals surface area contributed by atoms with E-state index in [1.54, 1.807) is 0 Å². The zero-order valence-electron chi connectivity index (χ0n) is 23.8. The highest BCUT2D eigenvalue weighted by Crippen LogP contribution is 2.31. The SMILES string of the molecule is CC(=O)OC[C@H]1OC(Oc2ccc(CS(=O)(=O)Oc3ccc(CO)cc3)cc2)[C@H](OC(C)=O)[C@@H](OC(C)=O)[C@H]1OC(C)=O. The molecule has 1 aliphatic heterocycles. The standard InChI is InChI=1S/C28H32O14S/c1-16(30)36-14-24-25(37-17(2)31)26(38-18(3)32)27(39-19(4)33)28(41-24)40-22-9-7-21(8-10-22)15-43(34,35)42-23-11-5-20(13-29)6-12-23/h5-12,24-29H,13-15H2,1-4H3/t24-,25+,26+,27-,28?/m1/s1. The van der Waals surface area contributed by atoms with Crippen molar-refractivity contribution >= 4 is 34.0 Å². The molecule has 0 spiro atoms. The Kier molecular flexibility index (Phi) is 11.5. The molecule has 0 amide bonds. The van der Waals surface area contributed by atoms with Gasteiger partial charge in [0.1, 0.15) is 30.0 Å². The maximum Gasteiger partial charge on any atom is 0.313 e. The lowest BCUT2D eigenvalue weighted by Crippen LogP contribution is -2.63. The van der Waals surface area contributed by atoms with E-state index in [-0.39, 0.29) is 18.1 Å². The third kappa shape index (κ3) is 10.2. The second-order valence-corrected chi connectivity index (χ2v) is 11.0. The second-order valence-electron chi connectivity index (χ2n) is 9.42. The molecule has 0 bridgehead atoms. The number of rotatable bonds is 12. The fraction of sp³-hybridized carbons (Fsp3) is 0.429. The molecule has 1 N–H and O–H groups in total. The summed E-state index contributed by atoms with van der Waals surface area (Å²) >= 11 is 0. The molecule has 234 valence electrons. The van der Waals surface area contributed by atoms with E-state index in [2.05, 4.69) is 0 Å². The van der Waals surface area contributed by atoms with Gasteiger partial charge in [-0.3, -0.25) is 19.2 Å². The molecule has 1 fully saturated rings. The van der Waals surface area contributed by atoms with Crippen molar-refractivity contribution in [1.82, 2.24) is 0 Å². The minimum Gasteiger partial charge on any atom is -0.463 e. The smallest absolute Gasteiger partial charge is 0.313 e. The summed E-state index contributed by atoms with van der Waals surface area (Å²) in [7, 11) is -4.04. The van der Waals surface area contributed by atoms with E-state index in [0.29, 0.717) is 11.1 Å². The lowest BCUT2D eigenvalue weighted by Gasteiger charge is -2.43. The van der Waals surface area contributed by atoms with Gasteiger partial charge >= 0.3 is 34.0 Å². The third-order valence-electron chi connectivity index (χ3n) is 5.80. The van der Waals surface area contributed by atoms with Crippen molar-refractivity contribution in [2.24, 2.45) is 0 Å². The summed E-state index contributed by atoms with van der Waals surface area (Å²) in [5, 5.41) is 9.13. The predicted molar refractivity (Wildman–Crippen MR) is 145 cm³/mol. The van der Waals surface area contributed by atoms with Crippen molar-refractivity contribution in [3.63, 3.8) is 0 Å². The Morgan fingerprint density at radius 1 is 0.721 bits per heavy atom. The Labute approximate surface area is 247 Å². The Balaban J connectivity index is 1.82. The molecule has 0 aliphatic carbocycles. The first-order valence-electron chi connectivity index (χ1n) is 12.9. The van der Waals surface area contributed by atoms with Crippen LogP contribution in [0.4, 0.5) is 0 Å². The average Bonchev–Trinajstić information content (AvgIpc) is 2.91. The van der Waals surface area contributed by atoms with Crippen LogP contribution in [0.25, 0.3) is 0 Å². The molecule has 5 atom stereocenters. The van der Waals surface area contributed by atoms with Crippen LogP contribution in [0.3, 0.4) is 0 Å². The Hall–Kier alpha value is -4.21. The zero-order chi connectivity index (χ0) is 31.7. The highest BCUT2D eigenvalue weighted by Gasteiger charge is 2.53. The van der Waals surface area contributed by atoms with Crippen LogP contribution in [-0.2, 0) is 65.3 Å². The summed E-state index contributed by atoms with van der Waals surface area (Å²) in [4.78, 5) is 47.3. The van der Waals surface area contributed by atoms with Crippen molar-refractivity contribution < 1.29 is 65.3 Å². The minimum absolute atomic E-state index is 0.0841. The predicted octanol–water partition coefficient (Wildman–Crippen LogP) is 1.55. The van der Waals surface area contributed by atoms with Crippen LogP contribution >= 0.6 is 0 Å². The van der Waals surface area contributed by atoms with E-state index < -0.39 is 77.1 Å². The third-order valence-corrected chi connectivity index (χ3v) is 6.93. The summed E-state index contributed by atoms with van der Waals surface area (Å²) in [6.45, 7) is 3.85. The Morgan fingerprint density at radius 2 is 1.23 bits per heavy atom. The maximum atomic E-state index is 12.6. The van der Waals surface area contributed by atoms with Crippen molar-refractivity contribution in [3.05, 3.63) is 59.7 Å². The molecule has 1 aliphatic rings. The number of hydrogen-bond acceptors (Lipinski definition) is 14. The molecule has 1 saturated heterocycles. The Bertz CT molecular complexity index is 1390. The zero-order valence-corrected chi connectivity index (χ0v) is 24.6. The lowest BCUT2D eigenvalue weighted by molar-refractivity contribution is -0.288. The van der Waals surface area contributed by atoms with Crippen LogP contribution in [-0.4, -0.2) is 74.7 Å². The number of aliphatic hydroxyl groups is 1. The molecule has 2 aromatic carbocycles. The highest BCUT2D eigenvalue weighted by atomic mass is 32.2. The van der Waals surface area contributed by atoms with Gasteiger partial charge < -0.3 is 37.7 Å². The molecule has 14 nitrogen and oxygen atoms in total. The molecule has 2 aromatic rings. The van der Waals surface area contributed by atoms with Crippen LogP contribution in [0.1, 0.15) is 38.8 Å². The quantitative estimate of drug-likeness (QED) is 0.203. The van der Waals surface area contributed by atoms with Crippen LogP contribution in [0.2, 0.25) is 0 Å². The minimum atomic E-state index is -4.04. The van der Waals surface area contributed by atoms with Crippen molar-refractivity contribution in [2.75, 3.05) is 6.61 Å². The summed E-state index contributed by atoms with van der Waals surface area (Å²) in [6, 6.07) is 11.7. The fourth-order valence-corrected chi connectivity index (χ4v) is 5.18. The van der Waals surface area contributed by atoms with Gasteiger partial charge in [0.05, 0.1) is 6.61 Å². The van der Waals surface area contributed by atoms with E-state index in [9.17, 15) is 27.6 Å². The normalized spacial score (nSPS) is 21.7. The van der Waals surface area contributed by atoms with Crippen molar-refractivity contribution in [1.29, 1.82) is 0 Å². The number of carbonyl (C=O) groups excluding carboxylic acids is 4. The van der Waals surface area contributed by atoms with Crippen LogP contribution in [0.15, 0.2) is 48.5 Å². The molecule has 1 unspecified atom stereocenters. The van der Waals surface area contributed by atoms with E-state index in [1.165, 1.54) is 48.5 Å². The van der Waals surface area contributed by atoms with E-state index >= 15 is 0 Å². The molecule has 0 saturated carbocycles. The van der Waals surface area contributed by atoms with Crippen LogP contribution in [0, 0.1) is 0 Å². The van der Waals surface area contributed by atoms with E-state index in [0.717, 1.165) is 27.7 Å². The van der Waals surface area contributed by atoms with Gasteiger partial charge in [-0.1, -0.05) is 24.3 Å². The van der Waals surface area contributed by atoms with Gasteiger partial charge in [-0.2, -0.15) is 8.42 Å². The van der Waals surface area contributed by atoms with Gasteiger partial charge in [0, 0.05) is 27.7 Å². The molecule has 15 heteroatoms. The number of ether oxygens (including phenoxy) is 6. The van der Waals surface area contributed by atoms with E-state index in [1.807, 2.05) is 0 Å². The van der Waals surface area contributed by atoms with Crippen LogP contribution < -0.4 is 8.92 Å². The number of aliphatic hydroxyl groups excluding tert-OH is 1. The van der Waals surface area contributed by atoms with Gasteiger partial charge in [0.15, 0.2) is 12.2 Å². The summed E-state index contributed by atoms with van der Waals surface area (Å²) in [6.07, 6.45) is -6.80. The molecule has 3 rings (SSSR count). The van der Waals surface area contributed by atoms with Gasteiger partial charge in [0.25, 0.3) is 0 Å². The van der Waals surface area contributed by atoms with Crippen molar-refractivity contribution in [3.8, 4) is 11.5 Å². The highest BCUT2D eigenvalue weighted by molar-refractivity contribution is 7.86. The second kappa shape index (κ2) is 14.8. The number of hydrogen-bond donors (Lipinski definition) is 1. The first kappa shape index (κ1) is 33.3. The molecule has 1 heterocycles. The summed E-state index contributed by atoms with van der Waals surface area (Å²) in [5.74, 6) is -3.26. The molecule has 0 aromatic heterocycles. The maximum absolute atomic E-state index is 12.6.